The van der Waals surface area contributed by atoms with Crippen LogP contribution in [0.3, 0.4) is 0 Å². The second-order valence-electron chi connectivity index (χ2n) is 4.22. The second-order valence-corrected chi connectivity index (χ2v) is 4.22. The maximum absolute atomic E-state index is 11.8. The van der Waals surface area contributed by atoms with Crippen molar-refractivity contribution in [3.8, 4) is 12.3 Å². The molecular weight excluding hydrogens is 194 g/mol. The Bertz CT molecular complexity index is 373. The second kappa shape index (κ2) is 2.97. The molecule has 0 aromatic carbocycles. The van der Waals surface area contributed by atoms with Crippen molar-refractivity contribution in [2.45, 2.75) is 18.9 Å². The number of terminal acetylenes is 1. The molecule has 2 aliphatic heterocycles. The Labute approximate surface area is 88.0 Å². The zero-order chi connectivity index (χ0) is 11.1. The summed E-state index contributed by atoms with van der Waals surface area (Å²) in [6.45, 7) is 3.01. The van der Waals surface area contributed by atoms with E-state index in [0.29, 0.717) is 19.5 Å². The third kappa shape index (κ3) is 1.15. The maximum Gasteiger partial charge on any atom is 0.322 e. The standard InChI is InChI=1S/C10H13N3O2/c1-3-9(2)6-11-5-4-10(9)7(14)12-8(15)13-10/h1,11H,4-6H2,2H3,(H2,12,13,14,15). The molecule has 2 unspecified atom stereocenters. The Morgan fingerprint density at radius 1 is 1.47 bits per heavy atom. The highest BCUT2D eigenvalue weighted by atomic mass is 16.2. The Balaban J connectivity index is 2.44. The van der Waals surface area contributed by atoms with Gasteiger partial charge in [-0.1, -0.05) is 5.92 Å². The van der Waals surface area contributed by atoms with Crippen molar-refractivity contribution in [1.29, 1.82) is 0 Å². The lowest BCUT2D eigenvalue weighted by Gasteiger charge is -2.44. The molecule has 5 nitrogen and oxygen atoms in total. The first-order valence-electron chi connectivity index (χ1n) is 4.86. The molecule has 2 saturated heterocycles. The number of imide groups is 1. The molecule has 0 radical (unpaired) electrons. The summed E-state index contributed by atoms with van der Waals surface area (Å²) in [6, 6.07) is -0.455. The van der Waals surface area contributed by atoms with E-state index in [4.69, 9.17) is 6.42 Å². The molecule has 80 valence electrons. The first-order chi connectivity index (χ1) is 7.04. The summed E-state index contributed by atoms with van der Waals surface area (Å²) in [5.41, 5.74) is -1.62. The van der Waals surface area contributed by atoms with Gasteiger partial charge in [-0.3, -0.25) is 10.1 Å². The van der Waals surface area contributed by atoms with E-state index in [1.54, 1.807) is 0 Å². The van der Waals surface area contributed by atoms with Crippen LogP contribution in [0, 0.1) is 17.8 Å². The fourth-order valence-corrected chi connectivity index (χ4v) is 2.27. The third-order valence-electron chi connectivity index (χ3n) is 3.36. The smallest absolute Gasteiger partial charge is 0.322 e. The van der Waals surface area contributed by atoms with Crippen LogP contribution in [0.5, 0.6) is 0 Å². The normalized spacial score (nSPS) is 39.7. The van der Waals surface area contributed by atoms with E-state index in [9.17, 15) is 9.59 Å². The van der Waals surface area contributed by atoms with Crippen molar-refractivity contribution < 1.29 is 9.59 Å². The molecule has 15 heavy (non-hydrogen) atoms. The Hall–Kier alpha value is -1.54. The van der Waals surface area contributed by atoms with Gasteiger partial charge in [-0.2, -0.15) is 0 Å². The number of nitrogens with one attached hydrogen (secondary N) is 3. The summed E-state index contributed by atoms with van der Waals surface area (Å²) in [5, 5.41) is 8.07. The lowest BCUT2D eigenvalue weighted by atomic mass is 9.67. The lowest BCUT2D eigenvalue weighted by Crippen LogP contribution is -2.65. The maximum atomic E-state index is 11.8. The number of amides is 3. The molecular formula is C10H13N3O2. The van der Waals surface area contributed by atoms with Gasteiger partial charge < -0.3 is 10.6 Å². The fraction of sp³-hybridized carbons (Fsp3) is 0.600. The molecule has 0 aromatic heterocycles. The number of urea groups is 1. The molecule has 3 N–H and O–H groups in total. The number of hydrogen-bond donors (Lipinski definition) is 3. The Morgan fingerprint density at radius 2 is 2.20 bits per heavy atom. The van der Waals surface area contributed by atoms with Gasteiger partial charge >= 0.3 is 6.03 Å². The van der Waals surface area contributed by atoms with Crippen LogP contribution < -0.4 is 16.0 Å². The summed E-state index contributed by atoms with van der Waals surface area (Å²) in [4.78, 5) is 23.0. The van der Waals surface area contributed by atoms with Crippen molar-refractivity contribution in [3.63, 3.8) is 0 Å². The highest BCUT2D eigenvalue weighted by molar-refractivity contribution is 6.08. The number of rotatable bonds is 0. The highest BCUT2D eigenvalue weighted by Crippen LogP contribution is 2.37. The van der Waals surface area contributed by atoms with Crippen LogP contribution in [0.1, 0.15) is 13.3 Å². The van der Waals surface area contributed by atoms with Crippen LogP contribution in [0.4, 0.5) is 4.79 Å². The quantitative estimate of drug-likeness (QED) is 0.359. The molecule has 5 heteroatoms. The predicted molar refractivity (Wildman–Crippen MR) is 53.8 cm³/mol. The zero-order valence-electron chi connectivity index (χ0n) is 8.52. The molecule has 2 rings (SSSR count). The van der Waals surface area contributed by atoms with Gasteiger partial charge in [0.15, 0.2) is 0 Å². The first kappa shape index (κ1) is 9.99. The molecule has 0 bridgehead atoms. The summed E-state index contributed by atoms with van der Waals surface area (Å²) in [5.74, 6) is 2.32. The van der Waals surface area contributed by atoms with Gasteiger partial charge in [0.1, 0.15) is 5.54 Å². The fourth-order valence-electron chi connectivity index (χ4n) is 2.27. The van der Waals surface area contributed by atoms with Crippen LogP contribution in [-0.2, 0) is 4.79 Å². The van der Waals surface area contributed by atoms with E-state index < -0.39 is 17.0 Å². The Kier molecular flexibility index (Phi) is 1.98. The van der Waals surface area contributed by atoms with Crippen LogP contribution in [-0.4, -0.2) is 30.6 Å². The minimum absolute atomic E-state index is 0.311. The van der Waals surface area contributed by atoms with Gasteiger partial charge in [-0.25, -0.2) is 4.79 Å². The van der Waals surface area contributed by atoms with E-state index >= 15 is 0 Å². The predicted octanol–water partition coefficient (Wildman–Crippen LogP) is -0.803. The van der Waals surface area contributed by atoms with Crippen LogP contribution in [0.25, 0.3) is 0 Å². The molecule has 1 spiro atoms. The van der Waals surface area contributed by atoms with Gasteiger partial charge in [0.05, 0.1) is 5.41 Å². The first-order valence-corrected chi connectivity index (χ1v) is 4.86. The lowest BCUT2D eigenvalue weighted by molar-refractivity contribution is -0.128. The van der Waals surface area contributed by atoms with Crippen LogP contribution in [0.2, 0.25) is 0 Å². The van der Waals surface area contributed by atoms with E-state index in [2.05, 4.69) is 21.9 Å². The Morgan fingerprint density at radius 3 is 2.73 bits per heavy atom. The van der Waals surface area contributed by atoms with Gasteiger partial charge in [-0.05, 0) is 19.9 Å². The molecule has 0 aromatic rings. The average molecular weight is 207 g/mol. The summed E-state index contributed by atoms with van der Waals surface area (Å²) >= 11 is 0. The molecule has 2 fully saturated rings. The van der Waals surface area contributed by atoms with Crippen molar-refractivity contribution in [2.24, 2.45) is 5.41 Å². The van der Waals surface area contributed by atoms with E-state index in [1.165, 1.54) is 0 Å². The number of carbonyl (C=O) groups is 2. The molecule has 0 aliphatic carbocycles. The van der Waals surface area contributed by atoms with Crippen molar-refractivity contribution in [1.82, 2.24) is 16.0 Å². The van der Waals surface area contributed by atoms with Crippen molar-refractivity contribution in [3.05, 3.63) is 0 Å². The number of carbonyl (C=O) groups excluding carboxylic acids is 2. The highest BCUT2D eigenvalue weighted by Gasteiger charge is 2.58. The molecule has 0 saturated carbocycles. The molecule has 2 aliphatic rings. The van der Waals surface area contributed by atoms with Gasteiger partial charge in [0, 0.05) is 6.54 Å². The van der Waals surface area contributed by atoms with Gasteiger partial charge in [0.25, 0.3) is 5.91 Å². The van der Waals surface area contributed by atoms with Crippen LogP contribution in [0.15, 0.2) is 0 Å². The SMILES string of the molecule is C#CC1(C)CNCCC12NC(=O)NC2=O. The number of piperidine rings is 1. The largest absolute Gasteiger partial charge is 0.322 e. The minimum Gasteiger partial charge on any atom is -0.322 e. The third-order valence-corrected chi connectivity index (χ3v) is 3.36. The van der Waals surface area contributed by atoms with E-state index in [-0.39, 0.29) is 5.91 Å². The van der Waals surface area contributed by atoms with Crippen molar-refractivity contribution >= 4 is 11.9 Å². The van der Waals surface area contributed by atoms with E-state index in [0.717, 1.165) is 0 Å². The van der Waals surface area contributed by atoms with Gasteiger partial charge in [-0.15, -0.1) is 6.42 Å². The summed E-state index contributed by atoms with van der Waals surface area (Å²) < 4.78 is 0. The molecule has 2 atom stereocenters. The van der Waals surface area contributed by atoms with Gasteiger partial charge in [0.2, 0.25) is 0 Å². The molecule has 2 heterocycles. The monoisotopic (exact) mass is 207 g/mol. The summed E-state index contributed by atoms with van der Waals surface area (Å²) in [6.07, 6.45) is 6.00. The van der Waals surface area contributed by atoms with Crippen LogP contribution >= 0.6 is 0 Å². The zero-order valence-corrected chi connectivity index (χ0v) is 8.52. The van der Waals surface area contributed by atoms with Crippen molar-refractivity contribution in [2.75, 3.05) is 13.1 Å². The average Bonchev–Trinajstić information content (AvgIpc) is 2.48. The summed E-state index contributed by atoms with van der Waals surface area (Å²) in [7, 11) is 0. The molecule has 3 amide bonds. The number of hydrogen-bond acceptors (Lipinski definition) is 3. The minimum atomic E-state index is -0.940. The van der Waals surface area contributed by atoms with E-state index in [1.807, 2.05) is 6.92 Å². The topological polar surface area (TPSA) is 70.2 Å².